The van der Waals surface area contributed by atoms with Crippen molar-refractivity contribution in [2.75, 3.05) is 12.9 Å². The van der Waals surface area contributed by atoms with Gasteiger partial charge < -0.3 is 15.2 Å². The lowest BCUT2D eigenvalue weighted by atomic mass is 10.2. The van der Waals surface area contributed by atoms with Crippen molar-refractivity contribution >= 4 is 23.1 Å². The van der Waals surface area contributed by atoms with Gasteiger partial charge in [-0.25, -0.2) is 0 Å². The lowest BCUT2D eigenvalue weighted by Crippen LogP contribution is -2.04. The summed E-state index contributed by atoms with van der Waals surface area (Å²) in [4.78, 5) is 0. The normalized spacial score (nSPS) is 11.7. The molecule has 0 bridgehead atoms. The van der Waals surface area contributed by atoms with Crippen LogP contribution in [0.3, 0.4) is 0 Å². The van der Waals surface area contributed by atoms with Crippen LogP contribution >= 0.6 is 11.8 Å². The predicted molar refractivity (Wildman–Crippen MR) is 101 cm³/mol. The number of ether oxygens (including phenoxy) is 2. The van der Waals surface area contributed by atoms with Gasteiger partial charge in [-0.15, -0.1) is 5.10 Å². The van der Waals surface area contributed by atoms with E-state index in [4.69, 9.17) is 15.2 Å². The molecule has 0 aromatic heterocycles. The molecule has 0 aliphatic rings. The SMILES string of the molecule is CCOc1cc(/C=N\N=C(N)SC)ccc1OCc1ccccc1. The van der Waals surface area contributed by atoms with Crippen LogP contribution in [0.1, 0.15) is 18.1 Å². The quantitative estimate of drug-likeness (QED) is 0.473. The van der Waals surface area contributed by atoms with Gasteiger partial charge in [-0.2, -0.15) is 5.10 Å². The van der Waals surface area contributed by atoms with E-state index in [1.807, 2.05) is 61.7 Å². The molecule has 0 aliphatic carbocycles. The minimum atomic E-state index is 0.416. The lowest BCUT2D eigenvalue weighted by molar-refractivity contribution is 0.269. The van der Waals surface area contributed by atoms with Crippen molar-refractivity contribution in [3.8, 4) is 11.5 Å². The Morgan fingerprint density at radius 2 is 1.92 bits per heavy atom. The summed E-state index contributed by atoms with van der Waals surface area (Å²) in [6.07, 6.45) is 3.48. The number of thioether (sulfide) groups is 1. The molecule has 24 heavy (non-hydrogen) atoms. The standard InChI is InChI=1S/C18H21N3O2S/c1-3-22-17-11-15(12-20-21-18(19)24-2)9-10-16(17)23-13-14-7-5-4-6-8-14/h4-12H,3,13H2,1-2H3,(H2,19,21)/b20-12-. The molecule has 0 atom stereocenters. The summed E-state index contributed by atoms with van der Waals surface area (Å²) in [6, 6.07) is 15.7. The van der Waals surface area contributed by atoms with Crippen LogP contribution in [-0.2, 0) is 6.61 Å². The van der Waals surface area contributed by atoms with Crippen LogP contribution in [0.5, 0.6) is 11.5 Å². The van der Waals surface area contributed by atoms with Gasteiger partial charge >= 0.3 is 0 Å². The first-order valence-electron chi connectivity index (χ1n) is 7.57. The smallest absolute Gasteiger partial charge is 0.180 e. The van der Waals surface area contributed by atoms with E-state index >= 15 is 0 Å². The van der Waals surface area contributed by atoms with Crippen molar-refractivity contribution in [2.45, 2.75) is 13.5 Å². The molecule has 2 N–H and O–H groups in total. The van der Waals surface area contributed by atoms with Gasteiger partial charge in [0.25, 0.3) is 0 Å². The van der Waals surface area contributed by atoms with E-state index in [-0.39, 0.29) is 0 Å². The van der Waals surface area contributed by atoms with Gasteiger partial charge in [0.1, 0.15) is 6.61 Å². The molecular formula is C18H21N3O2S. The number of rotatable bonds is 7. The highest BCUT2D eigenvalue weighted by Gasteiger charge is 2.06. The Morgan fingerprint density at radius 1 is 1.12 bits per heavy atom. The molecule has 0 amide bonds. The third-order valence-corrected chi connectivity index (χ3v) is 3.58. The van der Waals surface area contributed by atoms with Crippen molar-refractivity contribution in [1.29, 1.82) is 0 Å². The van der Waals surface area contributed by atoms with Crippen LogP contribution in [0.15, 0.2) is 58.7 Å². The molecule has 0 spiro atoms. The number of nitrogens with two attached hydrogens (primary N) is 1. The second-order valence-electron chi connectivity index (χ2n) is 4.80. The molecule has 0 aliphatic heterocycles. The zero-order valence-corrected chi connectivity index (χ0v) is 14.6. The van der Waals surface area contributed by atoms with Crippen LogP contribution in [0.4, 0.5) is 0 Å². The topological polar surface area (TPSA) is 69.2 Å². The van der Waals surface area contributed by atoms with Crippen LogP contribution in [-0.4, -0.2) is 24.2 Å². The maximum absolute atomic E-state index is 5.87. The molecule has 2 aromatic carbocycles. The van der Waals surface area contributed by atoms with Crippen molar-refractivity contribution in [2.24, 2.45) is 15.9 Å². The van der Waals surface area contributed by atoms with E-state index < -0.39 is 0 Å². The highest BCUT2D eigenvalue weighted by molar-refractivity contribution is 8.13. The molecule has 126 valence electrons. The summed E-state index contributed by atoms with van der Waals surface area (Å²) < 4.78 is 11.5. The number of amidine groups is 1. The monoisotopic (exact) mass is 343 g/mol. The van der Waals surface area contributed by atoms with Gasteiger partial charge in [0.2, 0.25) is 0 Å². The zero-order valence-electron chi connectivity index (χ0n) is 13.8. The summed E-state index contributed by atoms with van der Waals surface area (Å²) in [5.74, 6) is 1.38. The summed E-state index contributed by atoms with van der Waals surface area (Å²) in [5.41, 5.74) is 7.56. The zero-order chi connectivity index (χ0) is 17.2. The van der Waals surface area contributed by atoms with Gasteiger partial charge in [0, 0.05) is 0 Å². The van der Waals surface area contributed by atoms with Gasteiger partial charge in [-0.3, -0.25) is 0 Å². The Balaban J connectivity index is 2.11. The highest BCUT2D eigenvalue weighted by atomic mass is 32.2. The van der Waals surface area contributed by atoms with E-state index in [9.17, 15) is 0 Å². The van der Waals surface area contributed by atoms with Crippen molar-refractivity contribution in [3.05, 3.63) is 59.7 Å². The molecule has 0 radical (unpaired) electrons. The van der Waals surface area contributed by atoms with Crippen LogP contribution in [0.2, 0.25) is 0 Å². The molecule has 0 unspecified atom stereocenters. The molecule has 2 rings (SSSR count). The Labute approximate surface area is 146 Å². The molecule has 0 saturated carbocycles. The van der Waals surface area contributed by atoms with Crippen LogP contribution in [0, 0.1) is 0 Å². The molecule has 6 heteroatoms. The van der Waals surface area contributed by atoms with Gasteiger partial charge in [-0.1, -0.05) is 42.1 Å². The average molecular weight is 343 g/mol. The minimum Gasteiger partial charge on any atom is -0.490 e. The molecule has 2 aromatic rings. The Bertz CT molecular complexity index is 703. The lowest BCUT2D eigenvalue weighted by Gasteiger charge is -2.12. The van der Waals surface area contributed by atoms with E-state index in [2.05, 4.69) is 10.2 Å². The molecule has 0 heterocycles. The second kappa shape index (κ2) is 9.62. The third kappa shape index (κ3) is 5.62. The van der Waals surface area contributed by atoms with E-state index in [1.165, 1.54) is 11.8 Å². The van der Waals surface area contributed by atoms with Crippen LogP contribution in [0.25, 0.3) is 0 Å². The molecule has 0 fully saturated rings. The predicted octanol–water partition coefficient (Wildman–Crippen LogP) is 3.68. The summed E-state index contributed by atoms with van der Waals surface area (Å²) in [7, 11) is 0. The minimum absolute atomic E-state index is 0.416. The Hall–Kier alpha value is -2.47. The third-order valence-electron chi connectivity index (χ3n) is 3.08. The fraction of sp³-hybridized carbons (Fsp3) is 0.222. The van der Waals surface area contributed by atoms with Gasteiger partial charge in [-0.05, 0) is 42.5 Å². The molecular weight excluding hydrogens is 322 g/mol. The summed E-state index contributed by atoms with van der Waals surface area (Å²) in [6.45, 7) is 2.98. The summed E-state index contributed by atoms with van der Waals surface area (Å²) in [5, 5.41) is 8.24. The first-order chi connectivity index (χ1) is 11.7. The Morgan fingerprint density at radius 3 is 2.62 bits per heavy atom. The number of hydrogen-bond donors (Lipinski definition) is 1. The fourth-order valence-corrected chi connectivity index (χ4v) is 2.05. The second-order valence-corrected chi connectivity index (χ2v) is 5.63. The molecule has 0 saturated heterocycles. The Kier molecular flexibility index (Phi) is 7.17. The number of hydrogen-bond acceptors (Lipinski definition) is 5. The van der Waals surface area contributed by atoms with Crippen molar-refractivity contribution in [1.82, 2.24) is 0 Å². The fourth-order valence-electron chi connectivity index (χ4n) is 1.92. The number of nitrogens with zero attached hydrogens (tertiary/aromatic N) is 2. The average Bonchev–Trinajstić information content (AvgIpc) is 2.62. The maximum Gasteiger partial charge on any atom is 0.180 e. The highest BCUT2D eigenvalue weighted by Crippen LogP contribution is 2.28. The van der Waals surface area contributed by atoms with E-state index in [0.29, 0.717) is 29.9 Å². The number of benzene rings is 2. The van der Waals surface area contributed by atoms with Crippen molar-refractivity contribution in [3.63, 3.8) is 0 Å². The first-order valence-corrected chi connectivity index (χ1v) is 8.79. The maximum atomic E-state index is 5.87. The van der Waals surface area contributed by atoms with Gasteiger partial charge in [0.15, 0.2) is 16.7 Å². The molecule has 5 nitrogen and oxygen atoms in total. The van der Waals surface area contributed by atoms with Gasteiger partial charge in [0.05, 0.1) is 12.8 Å². The first kappa shape index (κ1) is 17.9. The van der Waals surface area contributed by atoms with Crippen molar-refractivity contribution < 1.29 is 9.47 Å². The largest absolute Gasteiger partial charge is 0.490 e. The summed E-state index contributed by atoms with van der Waals surface area (Å²) >= 11 is 1.35. The van der Waals surface area contributed by atoms with E-state index in [0.717, 1.165) is 11.1 Å². The van der Waals surface area contributed by atoms with Crippen LogP contribution < -0.4 is 15.2 Å². The van der Waals surface area contributed by atoms with E-state index in [1.54, 1.807) is 6.21 Å².